The summed E-state index contributed by atoms with van der Waals surface area (Å²) in [6.07, 6.45) is -0.174. The van der Waals surface area contributed by atoms with Crippen LogP contribution in [-0.4, -0.2) is 17.3 Å². The highest BCUT2D eigenvalue weighted by molar-refractivity contribution is 5.69. The summed E-state index contributed by atoms with van der Waals surface area (Å²) in [6, 6.07) is 7.40. The van der Waals surface area contributed by atoms with Crippen molar-refractivity contribution in [3.63, 3.8) is 0 Å². The molecule has 0 bridgehead atoms. The highest BCUT2D eigenvalue weighted by Crippen LogP contribution is 2.27. The molecular weight excluding hydrogens is 230 g/mol. The molecular formula is C13H17N3O2. The Morgan fingerprint density at radius 3 is 2.61 bits per heavy atom. The molecule has 5 nitrogen and oxygen atoms in total. The Morgan fingerprint density at radius 1 is 1.28 bits per heavy atom. The maximum Gasteiger partial charge on any atom is 0.260 e. The van der Waals surface area contributed by atoms with E-state index in [2.05, 4.69) is 10.1 Å². The summed E-state index contributed by atoms with van der Waals surface area (Å²) in [5.74, 6) is 1.24. The fourth-order valence-electron chi connectivity index (χ4n) is 1.83. The minimum absolute atomic E-state index is 0.174. The van der Waals surface area contributed by atoms with Gasteiger partial charge in [0.05, 0.1) is 5.56 Å². The van der Waals surface area contributed by atoms with Crippen LogP contribution in [0, 0.1) is 5.92 Å². The molecule has 0 aliphatic rings. The first kappa shape index (κ1) is 12.6. The summed E-state index contributed by atoms with van der Waals surface area (Å²) in [5, 5.41) is 3.96. The Morgan fingerprint density at radius 2 is 2.00 bits per heavy atom. The topological polar surface area (TPSA) is 74.2 Å². The monoisotopic (exact) mass is 247 g/mol. The number of hydrogen-bond donors (Lipinski definition) is 1. The van der Waals surface area contributed by atoms with Crippen molar-refractivity contribution < 1.29 is 9.26 Å². The average molecular weight is 247 g/mol. The predicted molar refractivity (Wildman–Crippen MR) is 68.7 cm³/mol. The normalized spacial score (nSPS) is 12.9. The molecule has 96 valence electrons. The maximum absolute atomic E-state index is 5.87. The van der Waals surface area contributed by atoms with E-state index in [1.807, 2.05) is 32.0 Å². The van der Waals surface area contributed by atoms with E-state index >= 15 is 0 Å². The molecule has 1 heterocycles. The number of nitrogen functional groups attached to an aromatic ring is 1. The second-order valence-corrected chi connectivity index (χ2v) is 4.45. The average Bonchev–Trinajstić information content (AvgIpc) is 2.79. The molecule has 0 saturated carbocycles. The van der Waals surface area contributed by atoms with E-state index in [0.29, 0.717) is 17.4 Å². The fourth-order valence-corrected chi connectivity index (χ4v) is 1.83. The first-order chi connectivity index (χ1) is 8.63. The van der Waals surface area contributed by atoms with E-state index in [1.165, 1.54) is 0 Å². The van der Waals surface area contributed by atoms with Gasteiger partial charge in [-0.05, 0) is 18.1 Å². The number of methoxy groups -OCH3 is 1. The molecule has 0 aliphatic heterocycles. The zero-order chi connectivity index (χ0) is 13.1. The third-order valence-corrected chi connectivity index (χ3v) is 2.75. The summed E-state index contributed by atoms with van der Waals surface area (Å²) < 4.78 is 10.6. The lowest BCUT2D eigenvalue weighted by atomic mass is 10.1. The molecule has 0 fully saturated rings. The number of nitrogens with two attached hydrogens (primary N) is 1. The van der Waals surface area contributed by atoms with Crippen molar-refractivity contribution in [3.8, 4) is 11.5 Å². The molecule has 1 aromatic carbocycles. The zero-order valence-corrected chi connectivity index (χ0v) is 10.8. The van der Waals surface area contributed by atoms with Crippen LogP contribution in [-0.2, 0) is 4.74 Å². The van der Waals surface area contributed by atoms with Gasteiger partial charge >= 0.3 is 0 Å². The van der Waals surface area contributed by atoms with Crippen LogP contribution in [0.3, 0.4) is 0 Å². The van der Waals surface area contributed by atoms with Gasteiger partial charge in [0.1, 0.15) is 6.10 Å². The van der Waals surface area contributed by atoms with E-state index in [4.69, 9.17) is 15.0 Å². The summed E-state index contributed by atoms with van der Waals surface area (Å²) in [6.45, 7) is 4.09. The largest absolute Gasteiger partial charge is 0.398 e. The minimum Gasteiger partial charge on any atom is -0.398 e. The van der Waals surface area contributed by atoms with Gasteiger partial charge in [0, 0.05) is 12.8 Å². The van der Waals surface area contributed by atoms with Gasteiger partial charge in [0.25, 0.3) is 5.89 Å². The van der Waals surface area contributed by atoms with Crippen molar-refractivity contribution in [3.05, 3.63) is 30.1 Å². The van der Waals surface area contributed by atoms with Crippen LogP contribution in [0.2, 0.25) is 0 Å². The minimum atomic E-state index is -0.174. The molecule has 18 heavy (non-hydrogen) atoms. The van der Waals surface area contributed by atoms with Gasteiger partial charge in [-0.3, -0.25) is 0 Å². The van der Waals surface area contributed by atoms with E-state index in [1.54, 1.807) is 13.2 Å². The smallest absolute Gasteiger partial charge is 0.260 e. The zero-order valence-electron chi connectivity index (χ0n) is 10.8. The maximum atomic E-state index is 5.87. The van der Waals surface area contributed by atoms with Gasteiger partial charge in [0.2, 0.25) is 5.82 Å². The quantitative estimate of drug-likeness (QED) is 0.841. The van der Waals surface area contributed by atoms with Crippen molar-refractivity contribution in [2.24, 2.45) is 5.92 Å². The molecule has 0 saturated heterocycles. The Kier molecular flexibility index (Phi) is 3.62. The summed E-state index contributed by atoms with van der Waals surface area (Å²) in [5.41, 5.74) is 7.23. The third-order valence-electron chi connectivity index (χ3n) is 2.75. The second kappa shape index (κ2) is 5.18. The van der Waals surface area contributed by atoms with Crippen LogP contribution in [0.15, 0.2) is 28.8 Å². The van der Waals surface area contributed by atoms with Crippen molar-refractivity contribution in [1.82, 2.24) is 10.1 Å². The Labute approximate surface area is 106 Å². The second-order valence-electron chi connectivity index (χ2n) is 4.45. The fraction of sp³-hybridized carbons (Fsp3) is 0.385. The Balaban J connectivity index is 2.34. The summed E-state index contributed by atoms with van der Waals surface area (Å²) in [7, 11) is 1.64. The van der Waals surface area contributed by atoms with Crippen LogP contribution in [0.4, 0.5) is 5.69 Å². The van der Waals surface area contributed by atoms with Gasteiger partial charge in [-0.2, -0.15) is 4.98 Å². The third kappa shape index (κ3) is 2.36. The van der Waals surface area contributed by atoms with Crippen LogP contribution >= 0.6 is 0 Å². The number of para-hydroxylation sites is 1. The molecule has 0 amide bonds. The molecule has 2 N–H and O–H groups in total. The van der Waals surface area contributed by atoms with Crippen LogP contribution in [0.25, 0.3) is 11.5 Å². The van der Waals surface area contributed by atoms with Gasteiger partial charge in [-0.1, -0.05) is 31.1 Å². The summed E-state index contributed by atoms with van der Waals surface area (Å²) >= 11 is 0. The highest BCUT2D eigenvalue weighted by atomic mass is 16.5. The predicted octanol–water partition coefficient (Wildman–Crippen LogP) is 2.66. The standard InChI is InChI=1S/C13H17N3O2/c1-8(2)11(17-3)12-15-13(18-16-12)9-6-4-5-7-10(9)14/h4-8,11H,14H2,1-3H3. The lowest BCUT2D eigenvalue weighted by molar-refractivity contribution is 0.0556. The molecule has 1 atom stereocenters. The first-order valence-corrected chi connectivity index (χ1v) is 5.84. The molecule has 1 unspecified atom stereocenters. The molecule has 5 heteroatoms. The first-order valence-electron chi connectivity index (χ1n) is 5.84. The number of ether oxygens (including phenoxy) is 1. The van der Waals surface area contributed by atoms with E-state index in [-0.39, 0.29) is 12.0 Å². The lowest BCUT2D eigenvalue weighted by Crippen LogP contribution is -2.10. The van der Waals surface area contributed by atoms with Gasteiger partial charge in [-0.15, -0.1) is 0 Å². The number of hydrogen-bond acceptors (Lipinski definition) is 5. The molecule has 2 rings (SSSR count). The molecule has 0 radical (unpaired) electrons. The number of anilines is 1. The molecule has 0 aliphatic carbocycles. The van der Waals surface area contributed by atoms with Crippen molar-refractivity contribution in [1.29, 1.82) is 0 Å². The number of benzene rings is 1. The number of aromatic nitrogens is 2. The Bertz CT molecular complexity index is 522. The van der Waals surface area contributed by atoms with Gasteiger partial charge in [0.15, 0.2) is 0 Å². The van der Waals surface area contributed by atoms with Crippen molar-refractivity contribution in [2.45, 2.75) is 20.0 Å². The van der Waals surface area contributed by atoms with Gasteiger partial charge < -0.3 is 15.0 Å². The van der Waals surface area contributed by atoms with E-state index in [0.717, 1.165) is 5.56 Å². The molecule has 0 spiro atoms. The Hall–Kier alpha value is -1.88. The van der Waals surface area contributed by atoms with Crippen LogP contribution in [0.1, 0.15) is 25.8 Å². The van der Waals surface area contributed by atoms with Gasteiger partial charge in [-0.25, -0.2) is 0 Å². The SMILES string of the molecule is COC(c1noc(-c2ccccc2N)n1)C(C)C. The van der Waals surface area contributed by atoms with E-state index < -0.39 is 0 Å². The number of rotatable bonds is 4. The summed E-state index contributed by atoms with van der Waals surface area (Å²) in [4.78, 5) is 4.35. The highest BCUT2D eigenvalue weighted by Gasteiger charge is 2.22. The van der Waals surface area contributed by atoms with Crippen molar-refractivity contribution in [2.75, 3.05) is 12.8 Å². The van der Waals surface area contributed by atoms with Crippen LogP contribution in [0.5, 0.6) is 0 Å². The van der Waals surface area contributed by atoms with Crippen LogP contribution < -0.4 is 5.73 Å². The molecule has 2 aromatic rings. The van der Waals surface area contributed by atoms with E-state index in [9.17, 15) is 0 Å². The molecule has 1 aromatic heterocycles. The van der Waals surface area contributed by atoms with Crippen molar-refractivity contribution >= 4 is 5.69 Å². The number of nitrogens with zero attached hydrogens (tertiary/aromatic N) is 2. The lowest BCUT2D eigenvalue weighted by Gasteiger charge is -2.14.